The average Bonchev–Trinajstić information content (AvgIpc) is 2.51. The first-order valence-electron chi connectivity index (χ1n) is 5.13. The molecule has 0 aromatic heterocycles. The normalized spacial score (nSPS) is 27.9. The Balaban J connectivity index is 1.98. The molecular formula is C12H17. The van der Waals surface area contributed by atoms with Gasteiger partial charge in [-0.25, -0.2) is 0 Å². The maximum Gasteiger partial charge on any atom is 0.00864 e. The lowest BCUT2D eigenvalue weighted by Gasteiger charge is -2.23. The molecule has 0 saturated carbocycles. The fourth-order valence-electron chi connectivity index (χ4n) is 2.36. The van der Waals surface area contributed by atoms with Gasteiger partial charge in [-0.1, -0.05) is 37.5 Å². The van der Waals surface area contributed by atoms with Gasteiger partial charge in [-0.2, -0.15) is 0 Å². The van der Waals surface area contributed by atoms with Crippen LogP contribution in [0.25, 0.3) is 0 Å². The zero-order valence-electron chi connectivity index (χ0n) is 7.84. The summed E-state index contributed by atoms with van der Waals surface area (Å²) in [6.45, 7) is 2.29. The van der Waals surface area contributed by atoms with Crippen LogP contribution in [0.2, 0.25) is 0 Å². The van der Waals surface area contributed by atoms with E-state index >= 15 is 0 Å². The second kappa shape index (κ2) is 3.47. The van der Waals surface area contributed by atoms with E-state index in [1.54, 1.807) is 11.1 Å². The minimum absolute atomic E-state index is 0.977. The monoisotopic (exact) mass is 161 g/mol. The molecule has 2 rings (SSSR count). The van der Waals surface area contributed by atoms with Gasteiger partial charge in [-0.05, 0) is 30.8 Å². The zero-order chi connectivity index (χ0) is 8.39. The lowest BCUT2D eigenvalue weighted by molar-refractivity contribution is 0.427. The molecule has 0 spiro atoms. The molecule has 0 aliphatic heterocycles. The molecule has 0 N–H and O–H groups in total. The average molecular weight is 161 g/mol. The first kappa shape index (κ1) is 8.10. The first-order chi connectivity index (χ1) is 5.90. The largest absolute Gasteiger partial charge is 0.0761 e. The van der Waals surface area contributed by atoms with E-state index < -0.39 is 0 Å². The van der Waals surface area contributed by atoms with Gasteiger partial charge in [0.25, 0.3) is 0 Å². The molecule has 0 amide bonds. The van der Waals surface area contributed by atoms with Crippen molar-refractivity contribution in [2.75, 3.05) is 0 Å². The standard InChI is InChI=1S/C12H17/c1-2-4-10-7-8-11-5-3-6-12(11)9-10/h3,5-6,10H,2,4,7-9H2,1H3. The van der Waals surface area contributed by atoms with Crippen LogP contribution >= 0.6 is 0 Å². The third kappa shape index (κ3) is 1.48. The lowest BCUT2D eigenvalue weighted by atomic mass is 9.83. The van der Waals surface area contributed by atoms with Crippen molar-refractivity contribution >= 4 is 0 Å². The summed E-state index contributed by atoms with van der Waals surface area (Å²) in [5.41, 5.74) is 3.24. The molecule has 2 aliphatic rings. The minimum atomic E-state index is 0.977. The van der Waals surface area contributed by atoms with Crippen molar-refractivity contribution in [3.05, 3.63) is 29.7 Å². The smallest absolute Gasteiger partial charge is 0.00864 e. The van der Waals surface area contributed by atoms with Crippen molar-refractivity contribution in [1.29, 1.82) is 0 Å². The van der Waals surface area contributed by atoms with E-state index in [2.05, 4.69) is 25.5 Å². The van der Waals surface area contributed by atoms with Gasteiger partial charge in [0.1, 0.15) is 0 Å². The van der Waals surface area contributed by atoms with Gasteiger partial charge < -0.3 is 0 Å². The van der Waals surface area contributed by atoms with Gasteiger partial charge in [0, 0.05) is 6.42 Å². The molecular weight excluding hydrogens is 144 g/mol. The molecule has 1 unspecified atom stereocenters. The molecule has 0 saturated heterocycles. The van der Waals surface area contributed by atoms with Crippen molar-refractivity contribution in [2.24, 2.45) is 5.92 Å². The molecule has 0 fully saturated rings. The van der Waals surface area contributed by atoms with Crippen LogP contribution < -0.4 is 0 Å². The minimum Gasteiger partial charge on any atom is -0.0761 e. The molecule has 1 atom stereocenters. The van der Waals surface area contributed by atoms with Crippen molar-refractivity contribution < 1.29 is 0 Å². The summed E-state index contributed by atoms with van der Waals surface area (Å²) in [6, 6.07) is 0. The summed E-state index contributed by atoms with van der Waals surface area (Å²) in [7, 11) is 0. The summed E-state index contributed by atoms with van der Waals surface area (Å²) in [4.78, 5) is 0. The van der Waals surface area contributed by atoms with Crippen molar-refractivity contribution in [3.63, 3.8) is 0 Å². The van der Waals surface area contributed by atoms with Crippen LogP contribution in [-0.2, 0) is 0 Å². The van der Waals surface area contributed by atoms with E-state index in [0.29, 0.717) is 0 Å². The van der Waals surface area contributed by atoms with E-state index in [1.165, 1.54) is 32.1 Å². The van der Waals surface area contributed by atoms with E-state index in [9.17, 15) is 0 Å². The highest BCUT2D eigenvalue weighted by Gasteiger charge is 2.20. The van der Waals surface area contributed by atoms with Gasteiger partial charge in [-0.3, -0.25) is 0 Å². The molecule has 12 heavy (non-hydrogen) atoms. The first-order valence-corrected chi connectivity index (χ1v) is 5.13. The van der Waals surface area contributed by atoms with Crippen molar-refractivity contribution in [2.45, 2.75) is 39.0 Å². The predicted molar refractivity (Wildman–Crippen MR) is 52.7 cm³/mol. The second-order valence-electron chi connectivity index (χ2n) is 3.97. The number of hydrogen-bond acceptors (Lipinski definition) is 0. The topological polar surface area (TPSA) is 0 Å². The highest BCUT2D eigenvalue weighted by atomic mass is 14.3. The van der Waals surface area contributed by atoms with Crippen LogP contribution in [-0.4, -0.2) is 0 Å². The molecule has 2 aliphatic carbocycles. The number of allylic oxidation sites excluding steroid dienone is 4. The molecule has 0 aromatic carbocycles. The highest BCUT2D eigenvalue weighted by molar-refractivity contribution is 5.43. The summed E-state index contributed by atoms with van der Waals surface area (Å²) < 4.78 is 0. The van der Waals surface area contributed by atoms with E-state index in [1.807, 2.05) is 0 Å². The van der Waals surface area contributed by atoms with Crippen LogP contribution in [0.4, 0.5) is 0 Å². The summed E-state index contributed by atoms with van der Waals surface area (Å²) in [5, 5.41) is 0. The van der Waals surface area contributed by atoms with Crippen LogP contribution in [0.15, 0.2) is 23.3 Å². The predicted octanol–water partition coefficient (Wildman–Crippen LogP) is 3.66. The molecule has 0 heteroatoms. The van der Waals surface area contributed by atoms with E-state index in [0.717, 1.165) is 5.92 Å². The van der Waals surface area contributed by atoms with E-state index in [-0.39, 0.29) is 0 Å². The third-order valence-corrected chi connectivity index (χ3v) is 3.03. The van der Waals surface area contributed by atoms with Gasteiger partial charge >= 0.3 is 0 Å². The Morgan fingerprint density at radius 3 is 3.17 bits per heavy atom. The SMILES string of the molecule is CCCC1CCC2=C(C=C[CH]2)C1. The number of rotatable bonds is 2. The zero-order valence-corrected chi connectivity index (χ0v) is 7.84. The van der Waals surface area contributed by atoms with Gasteiger partial charge in [0.15, 0.2) is 0 Å². The van der Waals surface area contributed by atoms with Gasteiger partial charge in [0.05, 0.1) is 0 Å². The Bertz CT molecular complexity index is 220. The Morgan fingerprint density at radius 2 is 2.33 bits per heavy atom. The fraction of sp³-hybridized carbons (Fsp3) is 0.583. The molecule has 0 aromatic rings. The van der Waals surface area contributed by atoms with Crippen LogP contribution in [0.1, 0.15) is 39.0 Å². The maximum absolute atomic E-state index is 2.30. The Kier molecular flexibility index (Phi) is 2.34. The Morgan fingerprint density at radius 1 is 1.42 bits per heavy atom. The van der Waals surface area contributed by atoms with Crippen LogP contribution in [0.3, 0.4) is 0 Å². The Labute approximate surface area is 75.4 Å². The number of hydrogen-bond donors (Lipinski definition) is 0. The van der Waals surface area contributed by atoms with Gasteiger partial charge in [0.2, 0.25) is 0 Å². The quantitative estimate of drug-likeness (QED) is 0.580. The summed E-state index contributed by atoms with van der Waals surface area (Å²) >= 11 is 0. The van der Waals surface area contributed by atoms with Crippen LogP contribution in [0, 0.1) is 12.3 Å². The highest BCUT2D eigenvalue weighted by Crippen LogP contribution is 2.36. The maximum atomic E-state index is 2.30. The van der Waals surface area contributed by atoms with E-state index in [4.69, 9.17) is 0 Å². The van der Waals surface area contributed by atoms with Crippen molar-refractivity contribution in [3.8, 4) is 0 Å². The Hall–Kier alpha value is -0.520. The molecule has 0 bridgehead atoms. The second-order valence-corrected chi connectivity index (χ2v) is 3.97. The molecule has 1 radical (unpaired) electrons. The van der Waals surface area contributed by atoms with Crippen molar-refractivity contribution in [1.82, 2.24) is 0 Å². The van der Waals surface area contributed by atoms with Gasteiger partial charge in [-0.15, -0.1) is 0 Å². The molecule has 0 heterocycles. The van der Waals surface area contributed by atoms with Crippen LogP contribution in [0.5, 0.6) is 0 Å². The summed E-state index contributed by atoms with van der Waals surface area (Å²) in [5.74, 6) is 0.977. The molecule has 65 valence electrons. The lowest BCUT2D eigenvalue weighted by Crippen LogP contribution is -2.07. The third-order valence-electron chi connectivity index (χ3n) is 3.03. The molecule has 0 nitrogen and oxygen atoms in total. The summed E-state index contributed by atoms with van der Waals surface area (Å²) in [6.07, 6.45) is 13.7. The fourth-order valence-corrected chi connectivity index (χ4v) is 2.36.